The number of rotatable bonds is 4. The van der Waals surface area contributed by atoms with E-state index in [4.69, 9.17) is 27.9 Å². The van der Waals surface area contributed by atoms with Gasteiger partial charge in [0.05, 0.1) is 33.4 Å². The molecule has 0 aliphatic heterocycles. The molecule has 0 amide bonds. The molecular formula is C16H14Cl2N2O2. The van der Waals surface area contributed by atoms with E-state index in [0.717, 1.165) is 17.9 Å². The SMILES string of the molecule is CCCOc1ccc(-n2c(=O)[nH]c3cc(Cl)c(Cl)cc32)cc1. The minimum atomic E-state index is -0.240. The Hall–Kier alpha value is -1.91. The number of nitrogens with zero attached hydrogens (tertiary/aromatic N) is 1. The summed E-state index contributed by atoms with van der Waals surface area (Å²) in [7, 11) is 0. The van der Waals surface area contributed by atoms with E-state index in [1.54, 1.807) is 16.7 Å². The fraction of sp³-hybridized carbons (Fsp3) is 0.188. The number of aromatic amines is 1. The van der Waals surface area contributed by atoms with E-state index in [0.29, 0.717) is 27.7 Å². The number of hydrogen-bond donors (Lipinski definition) is 1. The Labute approximate surface area is 137 Å². The van der Waals surface area contributed by atoms with Crippen molar-refractivity contribution in [3.63, 3.8) is 0 Å². The van der Waals surface area contributed by atoms with E-state index in [1.165, 1.54) is 0 Å². The van der Waals surface area contributed by atoms with Gasteiger partial charge in [-0.05, 0) is 42.8 Å². The van der Waals surface area contributed by atoms with Crippen LogP contribution < -0.4 is 10.4 Å². The molecule has 4 nitrogen and oxygen atoms in total. The Morgan fingerprint density at radius 1 is 1.14 bits per heavy atom. The van der Waals surface area contributed by atoms with E-state index in [9.17, 15) is 4.79 Å². The molecule has 0 aliphatic carbocycles. The first-order valence-electron chi connectivity index (χ1n) is 6.93. The van der Waals surface area contributed by atoms with Crippen molar-refractivity contribution in [1.29, 1.82) is 0 Å². The van der Waals surface area contributed by atoms with Crippen molar-refractivity contribution in [3.05, 3.63) is 56.9 Å². The molecule has 3 rings (SSSR count). The van der Waals surface area contributed by atoms with Crippen molar-refractivity contribution in [3.8, 4) is 11.4 Å². The van der Waals surface area contributed by atoms with Crippen molar-refractivity contribution in [1.82, 2.24) is 9.55 Å². The molecule has 0 fully saturated rings. The summed E-state index contributed by atoms with van der Waals surface area (Å²) in [6.45, 7) is 2.72. The van der Waals surface area contributed by atoms with Crippen molar-refractivity contribution in [2.75, 3.05) is 6.61 Å². The standard InChI is InChI=1S/C16H14Cl2N2O2/c1-2-7-22-11-5-3-10(4-6-11)20-15-9-13(18)12(17)8-14(15)19-16(20)21/h3-6,8-9H,2,7H2,1H3,(H,19,21). The monoisotopic (exact) mass is 336 g/mol. The number of fused-ring (bicyclic) bond motifs is 1. The van der Waals surface area contributed by atoms with Gasteiger partial charge in [-0.15, -0.1) is 0 Å². The molecule has 3 aromatic rings. The second kappa shape index (κ2) is 6.07. The Kier molecular flexibility index (Phi) is 4.14. The first kappa shape index (κ1) is 15.0. The summed E-state index contributed by atoms with van der Waals surface area (Å²) in [5.74, 6) is 0.777. The second-order valence-electron chi connectivity index (χ2n) is 4.89. The molecule has 0 radical (unpaired) electrons. The first-order chi connectivity index (χ1) is 10.6. The predicted molar refractivity (Wildman–Crippen MR) is 89.7 cm³/mol. The number of halogens is 2. The number of imidazole rings is 1. The fourth-order valence-electron chi connectivity index (χ4n) is 2.27. The molecule has 114 valence electrons. The molecule has 0 unspecified atom stereocenters. The molecular weight excluding hydrogens is 323 g/mol. The zero-order valence-corrected chi connectivity index (χ0v) is 13.4. The normalized spacial score (nSPS) is 11.0. The van der Waals surface area contributed by atoms with Crippen molar-refractivity contribution < 1.29 is 4.74 Å². The predicted octanol–water partition coefficient (Wildman–Crippen LogP) is 4.41. The van der Waals surface area contributed by atoms with E-state index in [-0.39, 0.29) is 5.69 Å². The maximum Gasteiger partial charge on any atom is 0.331 e. The highest BCUT2D eigenvalue weighted by Crippen LogP contribution is 2.27. The lowest BCUT2D eigenvalue weighted by molar-refractivity contribution is 0.317. The highest BCUT2D eigenvalue weighted by Gasteiger charge is 2.11. The van der Waals surface area contributed by atoms with Gasteiger partial charge in [0.25, 0.3) is 0 Å². The lowest BCUT2D eigenvalue weighted by Crippen LogP contribution is -2.14. The van der Waals surface area contributed by atoms with Gasteiger partial charge in [-0.3, -0.25) is 4.57 Å². The van der Waals surface area contributed by atoms with Gasteiger partial charge in [-0.1, -0.05) is 30.1 Å². The Morgan fingerprint density at radius 3 is 2.50 bits per heavy atom. The van der Waals surface area contributed by atoms with E-state index in [1.807, 2.05) is 24.3 Å². The van der Waals surface area contributed by atoms with Crippen LogP contribution in [-0.4, -0.2) is 16.2 Å². The van der Waals surface area contributed by atoms with Crippen LogP contribution in [0.1, 0.15) is 13.3 Å². The summed E-state index contributed by atoms with van der Waals surface area (Å²) >= 11 is 12.0. The van der Waals surface area contributed by atoms with Gasteiger partial charge < -0.3 is 9.72 Å². The molecule has 0 spiro atoms. The van der Waals surface area contributed by atoms with Crippen molar-refractivity contribution >= 4 is 34.2 Å². The van der Waals surface area contributed by atoms with E-state index in [2.05, 4.69) is 11.9 Å². The smallest absolute Gasteiger partial charge is 0.331 e. The number of aromatic nitrogens is 2. The fourth-order valence-corrected chi connectivity index (χ4v) is 2.59. The van der Waals surface area contributed by atoms with Gasteiger partial charge in [0.15, 0.2) is 0 Å². The number of benzene rings is 2. The summed E-state index contributed by atoms with van der Waals surface area (Å²) in [5, 5.41) is 0.815. The quantitative estimate of drug-likeness (QED) is 0.766. The van der Waals surface area contributed by atoms with Gasteiger partial charge in [0.2, 0.25) is 0 Å². The third-order valence-electron chi connectivity index (χ3n) is 3.29. The molecule has 1 N–H and O–H groups in total. The minimum absolute atomic E-state index is 0.240. The average molecular weight is 337 g/mol. The molecule has 0 bridgehead atoms. The summed E-state index contributed by atoms with van der Waals surface area (Å²) in [6.07, 6.45) is 0.947. The molecule has 0 saturated heterocycles. The summed E-state index contributed by atoms with van der Waals surface area (Å²) in [5.41, 5.74) is 1.82. The maximum atomic E-state index is 12.2. The van der Waals surface area contributed by atoms with Gasteiger partial charge in [0, 0.05) is 0 Å². The van der Waals surface area contributed by atoms with Crippen molar-refractivity contribution in [2.45, 2.75) is 13.3 Å². The van der Waals surface area contributed by atoms with Crippen molar-refractivity contribution in [2.24, 2.45) is 0 Å². The van der Waals surface area contributed by atoms with Crippen LogP contribution in [0.3, 0.4) is 0 Å². The molecule has 1 heterocycles. The largest absolute Gasteiger partial charge is 0.494 e. The lowest BCUT2D eigenvalue weighted by Gasteiger charge is -2.07. The van der Waals surface area contributed by atoms with Gasteiger partial charge >= 0.3 is 5.69 Å². The molecule has 2 aromatic carbocycles. The van der Waals surface area contributed by atoms with Crippen LogP contribution in [0.5, 0.6) is 5.75 Å². The van der Waals surface area contributed by atoms with Crippen LogP contribution in [0, 0.1) is 0 Å². The molecule has 0 atom stereocenters. The van der Waals surface area contributed by atoms with Gasteiger partial charge in [-0.25, -0.2) is 4.79 Å². The Bertz CT molecular complexity index is 866. The Morgan fingerprint density at radius 2 is 1.82 bits per heavy atom. The molecule has 6 heteroatoms. The summed E-state index contributed by atoms with van der Waals surface area (Å²) in [6, 6.07) is 10.7. The molecule has 0 saturated carbocycles. The number of ether oxygens (including phenoxy) is 1. The lowest BCUT2D eigenvalue weighted by atomic mass is 10.2. The zero-order valence-electron chi connectivity index (χ0n) is 11.9. The third-order valence-corrected chi connectivity index (χ3v) is 4.01. The highest BCUT2D eigenvalue weighted by molar-refractivity contribution is 6.42. The zero-order chi connectivity index (χ0) is 15.7. The van der Waals surface area contributed by atoms with E-state index >= 15 is 0 Å². The average Bonchev–Trinajstić information content (AvgIpc) is 2.81. The van der Waals surface area contributed by atoms with Gasteiger partial charge in [0.1, 0.15) is 5.75 Å². The van der Waals surface area contributed by atoms with Crippen LogP contribution >= 0.6 is 23.2 Å². The van der Waals surface area contributed by atoms with Gasteiger partial charge in [-0.2, -0.15) is 0 Å². The first-order valence-corrected chi connectivity index (χ1v) is 7.68. The number of nitrogens with one attached hydrogen (secondary N) is 1. The minimum Gasteiger partial charge on any atom is -0.494 e. The van der Waals surface area contributed by atoms with Crippen LogP contribution in [0.2, 0.25) is 10.0 Å². The second-order valence-corrected chi connectivity index (χ2v) is 5.71. The van der Waals surface area contributed by atoms with E-state index < -0.39 is 0 Å². The van der Waals surface area contributed by atoms with Crippen LogP contribution in [-0.2, 0) is 0 Å². The topological polar surface area (TPSA) is 47.0 Å². The van der Waals surface area contributed by atoms with Crippen LogP contribution in [0.15, 0.2) is 41.2 Å². The summed E-state index contributed by atoms with van der Waals surface area (Å²) < 4.78 is 7.10. The summed E-state index contributed by atoms with van der Waals surface area (Å²) in [4.78, 5) is 15.0. The Balaban J connectivity index is 2.08. The number of H-pyrrole nitrogens is 1. The molecule has 22 heavy (non-hydrogen) atoms. The highest BCUT2D eigenvalue weighted by atomic mass is 35.5. The van der Waals surface area contributed by atoms with Crippen LogP contribution in [0.25, 0.3) is 16.7 Å². The number of hydrogen-bond acceptors (Lipinski definition) is 2. The third kappa shape index (κ3) is 2.72. The maximum absolute atomic E-state index is 12.2. The van der Waals surface area contributed by atoms with Crippen LogP contribution in [0.4, 0.5) is 0 Å². The molecule has 0 aliphatic rings. The molecule has 1 aromatic heterocycles.